The highest BCUT2D eigenvalue weighted by Crippen LogP contribution is 2.28. The van der Waals surface area contributed by atoms with Gasteiger partial charge in [0.05, 0.1) is 11.0 Å². The van der Waals surface area contributed by atoms with Crippen molar-refractivity contribution in [1.29, 1.82) is 0 Å². The van der Waals surface area contributed by atoms with E-state index in [1.807, 2.05) is 0 Å². The molecule has 3 heterocycles. The minimum Gasteiger partial charge on any atom is -0.465 e. The average molecular weight is 348 g/mol. The number of amides is 1. The van der Waals surface area contributed by atoms with E-state index in [0.717, 1.165) is 37.9 Å². The van der Waals surface area contributed by atoms with Gasteiger partial charge in [0.2, 0.25) is 0 Å². The molecule has 4 rings (SSSR count). The molecule has 2 aliphatic heterocycles. The van der Waals surface area contributed by atoms with Crippen LogP contribution in [-0.4, -0.2) is 62.8 Å². The van der Waals surface area contributed by atoms with Crippen LogP contribution in [0.25, 0.3) is 11.0 Å². The number of nitrogens with one attached hydrogen (secondary N) is 1. The van der Waals surface area contributed by atoms with Crippen LogP contribution < -0.4 is 5.69 Å². The first-order valence-corrected chi connectivity index (χ1v) is 8.64. The van der Waals surface area contributed by atoms with E-state index >= 15 is 0 Å². The fourth-order valence-corrected chi connectivity index (χ4v) is 4.19. The van der Waals surface area contributed by atoms with Crippen molar-refractivity contribution >= 4 is 17.1 Å². The second kappa shape index (κ2) is 6.18. The van der Waals surface area contributed by atoms with Crippen molar-refractivity contribution in [3.8, 4) is 0 Å². The molecular formula is C17H21FN4O3. The number of hydrogen-bond donors (Lipinski definition) is 2. The van der Waals surface area contributed by atoms with Gasteiger partial charge in [-0.25, -0.2) is 14.0 Å². The SMILES string of the molecule is O=C(O)N1CC[C@H](N2CCC(n3c(=O)[nH]c4cc(F)ccc43)CC2)C1. The van der Waals surface area contributed by atoms with E-state index in [4.69, 9.17) is 5.11 Å². The van der Waals surface area contributed by atoms with Gasteiger partial charge in [0.15, 0.2) is 0 Å². The van der Waals surface area contributed by atoms with Crippen LogP contribution >= 0.6 is 0 Å². The molecule has 1 aromatic carbocycles. The zero-order valence-electron chi connectivity index (χ0n) is 13.8. The Labute approximate surface area is 143 Å². The molecule has 8 heteroatoms. The number of fused-ring (bicyclic) bond motifs is 1. The highest BCUT2D eigenvalue weighted by Gasteiger charge is 2.33. The van der Waals surface area contributed by atoms with E-state index < -0.39 is 6.09 Å². The molecule has 7 nitrogen and oxygen atoms in total. The van der Waals surface area contributed by atoms with Crippen LogP contribution in [0, 0.1) is 5.82 Å². The second-order valence-electron chi connectivity index (χ2n) is 6.90. The summed E-state index contributed by atoms with van der Waals surface area (Å²) in [5.41, 5.74) is 1.07. The van der Waals surface area contributed by atoms with Gasteiger partial charge in [-0.1, -0.05) is 0 Å². The maximum absolute atomic E-state index is 13.3. The Morgan fingerprint density at radius 3 is 2.56 bits per heavy atom. The maximum atomic E-state index is 13.3. The predicted octanol–water partition coefficient (Wildman–Crippen LogP) is 1.86. The molecule has 1 aromatic heterocycles. The van der Waals surface area contributed by atoms with Crippen molar-refractivity contribution in [2.45, 2.75) is 31.3 Å². The second-order valence-corrected chi connectivity index (χ2v) is 6.90. The summed E-state index contributed by atoms with van der Waals surface area (Å²) in [5.74, 6) is -0.361. The summed E-state index contributed by atoms with van der Waals surface area (Å²) in [4.78, 5) is 29.9. The van der Waals surface area contributed by atoms with Gasteiger partial charge in [0.25, 0.3) is 0 Å². The van der Waals surface area contributed by atoms with Gasteiger partial charge in [-0.2, -0.15) is 0 Å². The number of benzene rings is 1. The molecule has 0 aliphatic carbocycles. The van der Waals surface area contributed by atoms with E-state index in [2.05, 4.69) is 9.88 Å². The van der Waals surface area contributed by atoms with Crippen molar-refractivity contribution < 1.29 is 14.3 Å². The Kier molecular flexibility index (Phi) is 3.99. The Balaban J connectivity index is 1.47. The summed E-state index contributed by atoms with van der Waals surface area (Å²) >= 11 is 0. The third kappa shape index (κ3) is 2.90. The monoisotopic (exact) mass is 348 g/mol. The first kappa shape index (κ1) is 16.1. The van der Waals surface area contributed by atoms with E-state index in [-0.39, 0.29) is 23.6 Å². The highest BCUT2D eigenvalue weighted by molar-refractivity contribution is 5.75. The van der Waals surface area contributed by atoms with Gasteiger partial charge in [-0.05, 0) is 37.5 Å². The van der Waals surface area contributed by atoms with Gasteiger partial charge in [0.1, 0.15) is 5.82 Å². The van der Waals surface area contributed by atoms with Gasteiger partial charge in [-0.15, -0.1) is 0 Å². The molecule has 2 fully saturated rings. The molecule has 25 heavy (non-hydrogen) atoms. The van der Waals surface area contributed by atoms with Crippen LogP contribution in [0.3, 0.4) is 0 Å². The number of carboxylic acid groups (broad SMARTS) is 1. The fraction of sp³-hybridized carbons (Fsp3) is 0.529. The number of piperidine rings is 1. The van der Waals surface area contributed by atoms with E-state index in [1.54, 1.807) is 10.6 Å². The normalized spacial score (nSPS) is 22.8. The number of likely N-dealkylation sites (tertiary alicyclic amines) is 2. The Hall–Kier alpha value is -2.35. The molecule has 0 saturated carbocycles. The zero-order chi connectivity index (χ0) is 17.6. The Morgan fingerprint density at radius 1 is 1.16 bits per heavy atom. The molecule has 0 bridgehead atoms. The largest absolute Gasteiger partial charge is 0.465 e. The van der Waals surface area contributed by atoms with Crippen LogP contribution in [0.4, 0.5) is 9.18 Å². The number of hydrogen-bond acceptors (Lipinski definition) is 3. The summed E-state index contributed by atoms with van der Waals surface area (Å²) in [6.07, 6.45) is 1.67. The molecule has 1 amide bonds. The maximum Gasteiger partial charge on any atom is 0.407 e. The lowest BCUT2D eigenvalue weighted by Crippen LogP contribution is -2.44. The number of nitrogens with zero attached hydrogens (tertiary/aromatic N) is 3. The minimum absolute atomic E-state index is 0.0833. The fourth-order valence-electron chi connectivity index (χ4n) is 4.19. The van der Waals surface area contributed by atoms with E-state index in [0.29, 0.717) is 18.6 Å². The number of aromatic nitrogens is 2. The average Bonchev–Trinajstić information content (AvgIpc) is 3.19. The van der Waals surface area contributed by atoms with Crippen molar-refractivity contribution in [2.75, 3.05) is 26.2 Å². The number of imidazole rings is 1. The van der Waals surface area contributed by atoms with Crippen LogP contribution in [0.1, 0.15) is 25.3 Å². The van der Waals surface area contributed by atoms with Gasteiger partial charge in [-0.3, -0.25) is 9.47 Å². The zero-order valence-corrected chi connectivity index (χ0v) is 13.8. The molecule has 0 unspecified atom stereocenters. The summed E-state index contributed by atoms with van der Waals surface area (Å²) < 4.78 is 15.1. The topological polar surface area (TPSA) is 81.6 Å². The van der Waals surface area contributed by atoms with Crippen molar-refractivity contribution in [3.05, 3.63) is 34.5 Å². The first-order chi connectivity index (χ1) is 12.0. The molecular weight excluding hydrogens is 327 g/mol. The van der Waals surface area contributed by atoms with Crippen LogP contribution in [0.2, 0.25) is 0 Å². The van der Waals surface area contributed by atoms with E-state index in [1.165, 1.54) is 17.0 Å². The quantitative estimate of drug-likeness (QED) is 0.868. The van der Waals surface area contributed by atoms with Crippen LogP contribution in [0.5, 0.6) is 0 Å². The van der Waals surface area contributed by atoms with Crippen molar-refractivity contribution in [3.63, 3.8) is 0 Å². The van der Waals surface area contributed by atoms with E-state index in [9.17, 15) is 14.0 Å². The number of halogens is 1. The van der Waals surface area contributed by atoms with Gasteiger partial charge < -0.3 is 15.0 Å². The summed E-state index contributed by atoms with van der Waals surface area (Å²) in [5, 5.41) is 9.09. The number of H-pyrrole nitrogens is 1. The molecule has 2 N–H and O–H groups in total. The molecule has 0 spiro atoms. The molecule has 0 radical (unpaired) electrons. The predicted molar refractivity (Wildman–Crippen MR) is 90.4 cm³/mol. The molecule has 134 valence electrons. The number of aromatic amines is 1. The molecule has 2 aliphatic rings. The van der Waals surface area contributed by atoms with Gasteiger partial charge >= 0.3 is 11.8 Å². The number of rotatable bonds is 2. The number of carbonyl (C=O) groups is 1. The summed E-state index contributed by atoms with van der Waals surface area (Å²) in [7, 11) is 0. The smallest absolute Gasteiger partial charge is 0.407 e. The first-order valence-electron chi connectivity index (χ1n) is 8.64. The lowest BCUT2D eigenvalue weighted by Gasteiger charge is -2.36. The molecule has 2 aromatic rings. The third-order valence-electron chi connectivity index (χ3n) is 5.49. The van der Waals surface area contributed by atoms with Gasteiger partial charge in [0, 0.05) is 38.3 Å². The Morgan fingerprint density at radius 2 is 1.88 bits per heavy atom. The minimum atomic E-state index is -0.852. The van der Waals surface area contributed by atoms with Crippen molar-refractivity contribution in [2.24, 2.45) is 0 Å². The van der Waals surface area contributed by atoms with Crippen molar-refractivity contribution in [1.82, 2.24) is 19.4 Å². The molecule has 1 atom stereocenters. The third-order valence-corrected chi connectivity index (χ3v) is 5.49. The Bertz CT molecular complexity index is 853. The lowest BCUT2D eigenvalue weighted by atomic mass is 10.0. The standard InChI is InChI=1S/C17H21FN4O3/c18-11-1-2-15-14(9-11)19-16(23)22(15)12-3-6-20(7-4-12)13-5-8-21(10-13)17(24)25/h1-2,9,12-13H,3-8,10H2,(H,19,23)(H,24,25)/t13-/m0/s1. The molecule has 2 saturated heterocycles. The van der Waals surface area contributed by atoms with Crippen LogP contribution in [0.15, 0.2) is 23.0 Å². The highest BCUT2D eigenvalue weighted by atomic mass is 19.1. The van der Waals surface area contributed by atoms with Crippen LogP contribution in [-0.2, 0) is 0 Å². The summed E-state index contributed by atoms with van der Waals surface area (Å²) in [6.45, 7) is 2.83. The summed E-state index contributed by atoms with van der Waals surface area (Å²) in [6, 6.07) is 4.73. The lowest BCUT2D eigenvalue weighted by molar-refractivity contribution is 0.126.